The predicted octanol–water partition coefficient (Wildman–Crippen LogP) is 1.64. The van der Waals surface area contributed by atoms with Gasteiger partial charge in [-0.25, -0.2) is 4.79 Å². The molecule has 2 rings (SSSR count). The van der Waals surface area contributed by atoms with Gasteiger partial charge in [-0.15, -0.1) is 0 Å². The zero-order valence-electron chi connectivity index (χ0n) is 14.6. The van der Waals surface area contributed by atoms with Crippen LogP contribution in [0, 0.1) is 0 Å². The fraction of sp³-hybridized carbons (Fsp3) is 0.444. The van der Waals surface area contributed by atoms with E-state index in [-0.39, 0.29) is 12.5 Å². The zero-order valence-corrected chi connectivity index (χ0v) is 15.4. The maximum Gasteiger partial charge on any atom is 0.327 e. The maximum atomic E-state index is 12.4. The smallest absolute Gasteiger partial charge is 0.327 e. The van der Waals surface area contributed by atoms with Gasteiger partial charge in [0.2, 0.25) is 5.91 Å². The van der Waals surface area contributed by atoms with Crippen molar-refractivity contribution in [3.05, 3.63) is 46.5 Å². The number of nitrogens with zero attached hydrogens (tertiary/aromatic N) is 2. The number of hydrogen-bond donors (Lipinski definition) is 1. The highest BCUT2D eigenvalue weighted by atomic mass is 35.5. The molecule has 0 radical (unpaired) electrons. The van der Waals surface area contributed by atoms with E-state index in [2.05, 4.69) is 0 Å². The quantitative estimate of drug-likeness (QED) is 0.648. The number of likely N-dealkylation sites (N-methyl/N-ethyl adjacent to an activating group) is 1. The third-order valence-electron chi connectivity index (χ3n) is 4.24. The number of piperidine rings is 1. The van der Waals surface area contributed by atoms with Crippen LogP contribution in [0.2, 0.25) is 5.02 Å². The number of benzene rings is 1. The van der Waals surface area contributed by atoms with Gasteiger partial charge in [0.25, 0.3) is 0 Å². The first-order chi connectivity index (χ1) is 11.8. The number of carbonyl (C=O) groups excluding carboxylic acids is 2. The lowest BCUT2D eigenvalue weighted by molar-refractivity contribution is -0.147. The monoisotopic (exact) mass is 366 g/mol. The summed E-state index contributed by atoms with van der Waals surface area (Å²) in [6.45, 7) is 0.769. The van der Waals surface area contributed by atoms with Crippen molar-refractivity contribution in [1.82, 2.24) is 9.80 Å². The molecule has 1 N–H and O–H groups in total. The highest BCUT2D eigenvalue weighted by molar-refractivity contribution is 6.31. The molecule has 1 fully saturated rings. The molecule has 1 heterocycles. The molecule has 2 unspecified atom stereocenters. The summed E-state index contributed by atoms with van der Waals surface area (Å²) in [7, 11) is 4.62. The van der Waals surface area contributed by atoms with E-state index in [1.54, 1.807) is 32.3 Å². The molecule has 1 aliphatic heterocycles. The lowest BCUT2D eigenvalue weighted by Crippen LogP contribution is -2.43. The van der Waals surface area contributed by atoms with Crippen LogP contribution < -0.4 is 0 Å². The molecule has 25 heavy (non-hydrogen) atoms. The van der Waals surface area contributed by atoms with Gasteiger partial charge in [-0.3, -0.25) is 9.69 Å². The molecule has 1 amide bonds. The number of rotatable bonds is 4. The number of hydrogen-bond acceptors (Lipinski definition) is 5. The summed E-state index contributed by atoms with van der Waals surface area (Å²) in [5, 5.41) is 10.7. The Morgan fingerprint density at radius 1 is 1.40 bits per heavy atom. The summed E-state index contributed by atoms with van der Waals surface area (Å²) in [5.41, 5.74) is 1.22. The molecule has 0 spiro atoms. The largest absolute Gasteiger partial charge is 0.468 e. The predicted molar refractivity (Wildman–Crippen MR) is 95.2 cm³/mol. The summed E-state index contributed by atoms with van der Waals surface area (Å²) in [6.07, 6.45) is 1.15. The van der Waals surface area contributed by atoms with Crippen LogP contribution in [0.25, 0.3) is 0 Å². The summed E-state index contributed by atoms with van der Waals surface area (Å²) in [5.74, 6) is -0.633. The fourth-order valence-corrected chi connectivity index (χ4v) is 3.06. The standard InChI is InChI=1S/C18H23ClN2O4/c1-20(2)16(23)10-12-11-21(9-8-15(12)22)17(18(24)25-3)13-6-4-5-7-14(13)19/h4-7,10,15,17,22H,8-9,11H2,1-3H3. The van der Waals surface area contributed by atoms with Gasteiger partial charge in [0, 0.05) is 38.3 Å². The molecule has 0 saturated carbocycles. The van der Waals surface area contributed by atoms with Crippen LogP contribution >= 0.6 is 11.6 Å². The van der Waals surface area contributed by atoms with Crippen molar-refractivity contribution < 1.29 is 19.4 Å². The van der Waals surface area contributed by atoms with E-state index in [1.807, 2.05) is 11.0 Å². The van der Waals surface area contributed by atoms with Crippen molar-refractivity contribution in [3.63, 3.8) is 0 Å². The van der Waals surface area contributed by atoms with Crippen LogP contribution in [-0.4, -0.2) is 67.2 Å². The van der Waals surface area contributed by atoms with E-state index >= 15 is 0 Å². The van der Waals surface area contributed by atoms with Crippen LogP contribution in [0.3, 0.4) is 0 Å². The van der Waals surface area contributed by atoms with Crippen molar-refractivity contribution in [2.24, 2.45) is 0 Å². The van der Waals surface area contributed by atoms with Crippen LogP contribution in [0.1, 0.15) is 18.0 Å². The number of methoxy groups -OCH3 is 1. The van der Waals surface area contributed by atoms with E-state index in [0.717, 1.165) is 0 Å². The number of esters is 1. The van der Waals surface area contributed by atoms with Gasteiger partial charge in [0.1, 0.15) is 6.04 Å². The van der Waals surface area contributed by atoms with Gasteiger partial charge in [0.05, 0.1) is 13.2 Å². The van der Waals surface area contributed by atoms with Crippen LogP contribution in [0.4, 0.5) is 0 Å². The number of amides is 1. The van der Waals surface area contributed by atoms with Crippen molar-refractivity contribution in [3.8, 4) is 0 Å². The van der Waals surface area contributed by atoms with E-state index in [0.29, 0.717) is 29.1 Å². The number of likely N-dealkylation sites (tertiary alicyclic amines) is 1. The lowest BCUT2D eigenvalue weighted by atomic mass is 9.96. The van der Waals surface area contributed by atoms with Gasteiger partial charge >= 0.3 is 5.97 Å². The van der Waals surface area contributed by atoms with Gasteiger partial charge in [-0.05, 0) is 23.6 Å². The first-order valence-electron chi connectivity index (χ1n) is 8.01. The number of ether oxygens (including phenoxy) is 1. The minimum Gasteiger partial charge on any atom is -0.468 e. The normalized spacial score (nSPS) is 21.0. The fourth-order valence-electron chi connectivity index (χ4n) is 2.82. The minimum absolute atomic E-state index is 0.205. The molecule has 1 aromatic rings. The molecular weight excluding hydrogens is 344 g/mol. The van der Waals surface area contributed by atoms with Crippen molar-refractivity contribution >= 4 is 23.5 Å². The topological polar surface area (TPSA) is 70.1 Å². The second kappa shape index (κ2) is 8.47. The summed E-state index contributed by atoms with van der Waals surface area (Å²) in [6, 6.07) is 6.41. The molecule has 0 aliphatic carbocycles. The first-order valence-corrected chi connectivity index (χ1v) is 8.39. The minimum atomic E-state index is -0.704. The Morgan fingerprint density at radius 2 is 2.08 bits per heavy atom. The SMILES string of the molecule is COC(=O)C(c1ccccc1Cl)N1CCC(O)C(=CC(=O)N(C)C)C1. The molecule has 1 aliphatic rings. The molecule has 0 aromatic heterocycles. The summed E-state index contributed by atoms with van der Waals surface area (Å²) >= 11 is 6.27. The third-order valence-corrected chi connectivity index (χ3v) is 4.59. The number of aliphatic hydroxyl groups is 1. The van der Waals surface area contributed by atoms with E-state index in [9.17, 15) is 14.7 Å². The number of carbonyl (C=O) groups is 2. The van der Waals surface area contributed by atoms with Gasteiger partial charge < -0.3 is 14.7 Å². The van der Waals surface area contributed by atoms with Gasteiger partial charge in [-0.2, -0.15) is 0 Å². The Bertz CT molecular complexity index is 675. The molecule has 6 nitrogen and oxygen atoms in total. The molecule has 7 heteroatoms. The average molecular weight is 367 g/mol. The van der Waals surface area contributed by atoms with Gasteiger partial charge in [0.15, 0.2) is 0 Å². The molecule has 0 bridgehead atoms. The molecule has 2 atom stereocenters. The summed E-state index contributed by atoms with van der Waals surface area (Å²) in [4.78, 5) is 27.7. The average Bonchev–Trinajstić information content (AvgIpc) is 2.59. The summed E-state index contributed by atoms with van der Waals surface area (Å²) < 4.78 is 4.96. The van der Waals surface area contributed by atoms with Crippen molar-refractivity contribution in [1.29, 1.82) is 0 Å². The van der Waals surface area contributed by atoms with Crippen molar-refractivity contribution in [2.45, 2.75) is 18.6 Å². The molecular formula is C18H23ClN2O4. The van der Waals surface area contributed by atoms with E-state index in [1.165, 1.54) is 18.1 Å². The Hall–Kier alpha value is -1.89. The van der Waals surface area contributed by atoms with E-state index in [4.69, 9.17) is 16.3 Å². The zero-order chi connectivity index (χ0) is 18.6. The Labute approximate surface area is 152 Å². The highest BCUT2D eigenvalue weighted by Gasteiger charge is 2.34. The lowest BCUT2D eigenvalue weighted by Gasteiger charge is -2.36. The third kappa shape index (κ3) is 4.60. The Kier molecular flexibility index (Phi) is 6.58. The van der Waals surface area contributed by atoms with Gasteiger partial charge in [-0.1, -0.05) is 29.8 Å². The second-order valence-electron chi connectivity index (χ2n) is 6.17. The van der Waals surface area contributed by atoms with E-state index < -0.39 is 18.1 Å². The molecule has 1 aromatic carbocycles. The number of halogens is 1. The van der Waals surface area contributed by atoms with Crippen LogP contribution in [-0.2, 0) is 14.3 Å². The Morgan fingerprint density at radius 3 is 2.68 bits per heavy atom. The Balaban J connectivity index is 2.34. The van der Waals surface area contributed by atoms with Crippen LogP contribution in [0.15, 0.2) is 35.9 Å². The number of aliphatic hydroxyl groups excluding tert-OH is 1. The second-order valence-corrected chi connectivity index (χ2v) is 6.58. The van der Waals surface area contributed by atoms with Crippen molar-refractivity contribution in [2.75, 3.05) is 34.3 Å². The van der Waals surface area contributed by atoms with Crippen LogP contribution in [0.5, 0.6) is 0 Å². The highest BCUT2D eigenvalue weighted by Crippen LogP contribution is 2.32. The molecule has 1 saturated heterocycles. The maximum absolute atomic E-state index is 12.4. The first kappa shape index (κ1) is 19.4. The molecule has 136 valence electrons.